The van der Waals surface area contributed by atoms with Crippen LogP contribution in [0, 0.1) is 18.6 Å². The summed E-state index contributed by atoms with van der Waals surface area (Å²) in [6.45, 7) is 1.83. The molecule has 0 aliphatic heterocycles. The number of nitrogens with zero attached hydrogens (tertiary/aromatic N) is 2. The molecule has 11 heteroatoms. The molecule has 1 aromatic heterocycles. The minimum Gasteiger partial charge on any atom is -0.296 e. The third kappa shape index (κ3) is 4.44. The second kappa shape index (κ2) is 7.37. The molecule has 1 amide bonds. The van der Waals surface area contributed by atoms with Crippen LogP contribution in [0.2, 0.25) is 0 Å². The molecule has 0 unspecified atom stereocenters. The number of anilines is 2. The topological polar surface area (TPSA) is 101 Å². The molecule has 0 saturated carbocycles. The molecule has 3 aromatic rings. The van der Waals surface area contributed by atoms with E-state index in [-0.39, 0.29) is 5.13 Å². The summed E-state index contributed by atoms with van der Waals surface area (Å²) < 4.78 is 52.6. The predicted octanol–water partition coefficient (Wildman–Crippen LogP) is 3.18. The first-order chi connectivity index (χ1) is 12.7. The highest BCUT2D eigenvalue weighted by Crippen LogP contribution is 2.24. The van der Waals surface area contributed by atoms with Crippen LogP contribution in [0.4, 0.5) is 19.6 Å². The first-order valence-electron chi connectivity index (χ1n) is 7.44. The number of hydrogen-bond acceptors (Lipinski definition) is 6. The van der Waals surface area contributed by atoms with Gasteiger partial charge in [0.1, 0.15) is 11.6 Å². The minimum absolute atomic E-state index is 0.0403. The van der Waals surface area contributed by atoms with Crippen molar-refractivity contribution in [2.24, 2.45) is 0 Å². The van der Waals surface area contributed by atoms with E-state index in [0.717, 1.165) is 17.7 Å². The Morgan fingerprint density at radius 2 is 1.89 bits per heavy atom. The normalized spacial score (nSPS) is 11.2. The number of carbonyl (C=O) groups is 1. The van der Waals surface area contributed by atoms with Gasteiger partial charge in [-0.3, -0.25) is 14.8 Å². The Balaban J connectivity index is 1.77. The Labute approximate surface area is 157 Å². The Kier molecular flexibility index (Phi) is 5.15. The lowest BCUT2D eigenvalue weighted by Gasteiger charge is -2.06. The Morgan fingerprint density at radius 1 is 1.11 bits per heavy atom. The average Bonchev–Trinajstić information content (AvgIpc) is 3.07. The molecule has 0 fully saturated rings. The van der Waals surface area contributed by atoms with Crippen LogP contribution >= 0.6 is 11.3 Å². The van der Waals surface area contributed by atoms with Gasteiger partial charge in [-0.1, -0.05) is 29.0 Å². The third-order valence-electron chi connectivity index (χ3n) is 3.31. The van der Waals surface area contributed by atoms with E-state index < -0.39 is 37.6 Å². The molecule has 2 aromatic carbocycles. The molecule has 7 nitrogen and oxygen atoms in total. The Bertz CT molecular complexity index is 1120. The summed E-state index contributed by atoms with van der Waals surface area (Å²) in [5.41, 5.74) is 0.826. The van der Waals surface area contributed by atoms with Crippen LogP contribution in [0.5, 0.6) is 0 Å². The van der Waals surface area contributed by atoms with E-state index in [1.54, 1.807) is 18.2 Å². The lowest BCUT2D eigenvalue weighted by atomic mass is 10.1. The van der Waals surface area contributed by atoms with E-state index in [2.05, 4.69) is 15.5 Å². The second-order valence-electron chi connectivity index (χ2n) is 5.43. The van der Waals surface area contributed by atoms with Crippen molar-refractivity contribution in [2.75, 3.05) is 10.0 Å². The number of nitrogens with one attached hydrogen (secondary N) is 2. The second-order valence-corrected chi connectivity index (χ2v) is 8.26. The maximum Gasteiger partial charge on any atom is 0.291 e. The maximum absolute atomic E-state index is 13.6. The molecule has 1 heterocycles. The average molecular weight is 410 g/mol. The fraction of sp³-hybridized carbons (Fsp3) is 0.0625. The summed E-state index contributed by atoms with van der Waals surface area (Å²) in [5, 5.41) is 9.52. The van der Waals surface area contributed by atoms with Crippen molar-refractivity contribution >= 4 is 38.1 Å². The standard InChI is InChI=1S/C16H12F2N4O3S2/c1-9-3-2-4-10(7-9)14(23)19-15-20-21-16(26-15)27(24,25)22-13-6-5-11(17)8-12(13)18/h2-8,22H,1H3,(H,19,20,23). The molecule has 0 spiro atoms. The van der Waals surface area contributed by atoms with Crippen molar-refractivity contribution in [1.82, 2.24) is 10.2 Å². The van der Waals surface area contributed by atoms with Gasteiger partial charge >= 0.3 is 0 Å². The van der Waals surface area contributed by atoms with E-state index in [0.29, 0.717) is 23.0 Å². The highest BCUT2D eigenvalue weighted by molar-refractivity contribution is 7.94. The van der Waals surface area contributed by atoms with Crippen LogP contribution < -0.4 is 10.0 Å². The summed E-state index contributed by atoms with van der Waals surface area (Å²) in [6, 6.07) is 9.20. The summed E-state index contributed by atoms with van der Waals surface area (Å²) in [5.74, 6) is -2.39. The highest BCUT2D eigenvalue weighted by Gasteiger charge is 2.22. The van der Waals surface area contributed by atoms with Crippen LogP contribution in [0.25, 0.3) is 0 Å². The number of rotatable bonds is 5. The number of hydrogen-bond donors (Lipinski definition) is 2. The number of aryl methyl sites for hydroxylation is 1. The fourth-order valence-corrected chi connectivity index (χ4v) is 4.05. The van der Waals surface area contributed by atoms with Crippen molar-refractivity contribution < 1.29 is 22.0 Å². The molecule has 0 saturated heterocycles. The van der Waals surface area contributed by atoms with Gasteiger partial charge in [0.25, 0.3) is 20.3 Å². The molecule has 0 aliphatic rings. The third-order valence-corrected chi connectivity index (χ3v) is 5.88. The van der Waals surface area contributed by atoms with Crippen LogP contribution in [0.15, 0.2) is 46.8 Å². The first-order valence-corrected chi connectivity index (χ1v) is 9.74. The zero-order valence-electron chi connectivity index (χ0n) is 13.7. The van der Waals surface area contributed by atoms with Crippen molar-refractivity contribution in [3.05, 3.63) is 65.2 Å². The van der Waals surface area contributed by atoms with Crippen LogP contribution in [-0.2, 0) is 10.0 Å². The Morgan fingerprint density at radius 3 is 2.59 bits per heavy atom. The van der Waals surface area contributed by atoms with Gasteiger partial charge in [0.05, 0.1) is 5.69 Å². The zero-order valence-corrected chi connectivity index (χ0v) is 15.4. The molecular formula is C16H12F2N4O3S2. The summed E-state index contributed by atoms with van der Waals surface area (Å²) >= 11 is 0.594. The number of carbonyl (C=O) groups excluding carboxylic acids is 1. The zero-order chi connectivity index (χ0) is 19.6. The van der Waals surface area contributed by atoms with E-state index in [1.165, 1.54) is 0 Å². The van der Waals surface area contributed by atoms with Crippen molar-refractivity contribution in [3.63, 3.8) is 0 Å². The van der Waals surface area contributed by atoms with Gasteiger partial charge in [0.15, 0.2) is 0 Å². The van der Waals surface area contributed by atoms with Gasteiger partial charge in [-0.05, 0) is 31.2 Å². The van der Waals surface area contributed by atoms with E-state index in [9.17, 15) is 22.0 Å². The summed E-state index contributed by atoms with van der Waals surface area (Å²) in [4.78, 5) is 12.2. The Hall–Kier alpha value is -2.92. The van der Waals surface area contributed by atoms with Crippen molar-refractivity contribution in [3.8, 4) is 0 Å². The van der Waals surface area contributed by atoms with E-state index in [1.807, 2.05) is 17.7 Å². The highest BCUT2D eigenvalue weighted by atomic mass is 32.2. The number of amides is 1. The smallest absolute Gasteiger partial charge is 0.291 e. The molecule has 0 aliphatic carbocycles. The summed E-state index contributed by atoms with van der Waals surface area (Å²) in [6.07, 6.45) is 0. The maximum atomic E-state index is 13.6. The van der Waals surface area contributed by atoms with E-state index in [4.69, 9.17) is 0 Å². The van der Waals surface area contributed by atoms with Gasteiger partial charge in [-0.15, -0.1) is 10.2 Å². The lowest BCUT2D eigenvalue weighted by molar-refractivity contribution is 0.102. The van der Waals surface area contributed by atoms with Crippen molar-refractivity contribution in [2.45, 2.75) is 11.3 Å². The monoisotopic (exact) mass is 410 g/mol. The molecule has 140 valence electrons. The number of sulfonamides is 1. The minimum atomic E-state index is -4.25. The molecule has 27 heavy (non-hydrogen) atoms. The van der Waals surface area contributed by atoms with E-state index >= 15 is 0 Å². The molecule has 2 N–H and O–H groups in total. The fourth-order valence-electron chi connectivity index (χ4n) is 2.09. The number of halogens is 2. The molecule has 0 radical (unpaired) electrons. The van der Waals surface area contributed by atoms with Gasteiger partial charge in [0.2, 0.25) is 5.13 Å². The van der Waals surface area contributed by atoms with Crippen LogP contribution in [0.1, 0.15) is 15.9 Å². The van der Waals surface area contributed by atoms with Gasteiger partial charge in [-0.2, -0.15) is 8.42 Å². The molecule has 3 rings (SSSR count). The largest absolute Gasteiger partial charge is 0.296 e. The molecular weight excluding hydrogens is 398 g/mol. The van der Waals surface area contributed by atoms with Crippen LogP contribution in [0.3, 0.4) is 0 Å². The molecule has 0 atom stereocenters. The van der Waals surface area contributed by atoms with Crippen molar-refractivity contribution in [1.29, 1.82) is 0 Å². The molecule has 0 bridgehead atoms. The first kappa shape index (κ1) is 18.9. The SMILES string of the molecule is Cc1cccc(C(=O)Nc2nnc(S(=O)(=O)Nc3ccc(F)cc3F)s2)c1. The van der Waals surface area contributed by atoms with Crippen LogP contribution in [-0.4, -0.2) is 24.5 Å². The quantitative estimate of drug-likeness (QED) is 0.629. The number of benzene rings is 2. The lowest BCUT2D eigenvalue weighted by Crippen LogP contribution is -2.13. The summed E-state index contributed by atoms with van der Waals surface area (Å²) in [7, 11) is -4.25. The van der Waals surface area contributed by atoms with Gasteiger partial charge < -0.3 is 0 Å². The predicted molar refractivity (Wildman–Crippen MR) is 96.2 cm³/mol. The van der Waals surface area contributed by atoms with Gasteiger partial charge in [-0.25, -0.2) is 8.78 Å². The number of aromatic nitrogens is 2. The van der Waals surface area contributed by atoms with Gasteiger partial charge in [0, 0.05) is 11.6 Å².